The second-order valence-corrected chi connectivity index (χ2v) is 7.80. The van der Waals surface area contributed by atoms with E-state index in [1.165, 1.54) is 0 Å². The van der Waals surface area contributed by atoms with Crippen LogP contribution in [0.25, 0.3) is 0 Å². The van der Waals surface area contributed by atoms with Gasteiger partial charge in [0.15, 0.2) is 5.83 Å². The zero-order valence-corrected chi connectivity index (χ0v) is 18.3. The topological polar surface area (TPSA) is 0 Å². The van der Waals surface area contributed by atoms with Crippen molar-refractivity contribution in [3.8, 4) is 0 Å². The Morgan fingerprint density at radius 2 is 0.395 bits per heavy atom. The first kappa shape index (κ1) is 40.8. The van der Waals surface area contributed by atoms with Crippen LogP contribution in [0.2, 0.25) is 0 Å². The van der Waals surface area contributed by atoms with Gasteiger partial charge in [-0.15, -0.1) is 0 Å². The van der Waals surface area contributed by atoms with E-state index in [1.807, 2.05) is 0 Å². The maximum atomic E-state index is 13.6. The standard InChI is InChI=1S/C15H2F28/c1-2(16)3(17,18)4(19,20)5(21,22)6(23,24)7(25,26)8(27,28)9(29,30)10(31,32)11(33,34)12(35,36)13(37,38)14(39,40)15(41,42)43/h1H2. The molecule has 0 aliphatic heterocycles. The lowest BCUT2D eigenvalue weighted by atomic mass is 9.84. The zero-order chi connectivity index (χ0) is 36.1. The molecule has 0 aliphatic rings. The minimum atomic E-state index is -9.83. The fourth-order valence-electron chi connectivity index (χ4n) is 2.32. The van der Waals surface area contributed by atoms with E-state index in [-0.39, 0.29) is 0 Å². The molecule has 0 spiro atoms. The molecule has 28 heteroatoms. The molecule has 0 nitrogen and oxygen atoms in total. The fourth-order valence-corrected chi connectivity index (χ4v) is 2.32. The van der Waals surface area contributed by atoms with E-state index in [2.05, 4.69) is 0 Å². The van der Waals surface area contributed by atoms with Gasteiger partial charge in [-0.05, 0) is 0 Å². The van der Waals surface area contributed by atoms with E-state index < -0.39 is 83.1 Å². The van der Waals surface area contributed by atoms with Crippen LogP contribution >= 0.6 is 0 Å². The molecule has 0 amide bonds. The molecule has 0 unspecified atom stereocenters. The average Bonchev–Trinajstić information content (AvgIpc) is 2.76. The molecule has 0 aromatic carbocycles. The number of hydrogen-bond donors (Lipinski definition) is 0. The Balaban J connectivity index is 7.49. The molecule has 258 valence electrons. The first-order valence-corrected chi connectivity index (χ1v) is 8.90. The van der Waals surface area contributed by atoms with E-state index in [1.54, 1.807) is 0 Å². The Hall–Kier alpha value is -2.22. The van der Waals surface area contributed by atoms with Crippen LogP contribution in [0.4, 0.5) is 123 Å². The second-order valence-electron chi connectivity index (χ2n) is 7.80. The molecule has 0 rings (SSSR count). The fraction of sp³-hybridized carbons (Fsp3) is 0.867. The van der Waals surface area contributed by atoms with Gasteiger partial charge in [-0.25, -0.2) is 4.39 Å². The monoisotopic (exact) mass is 714 g/mol. The van der Waals surface area contributed by atoms with Crippen LogP contribution in [0.15, 0.2) is 12.4 Å². The third kappa shape index (κ3) is 4.54. The highest BCUT2D eigenvalue weighted by Gasteiger charge is 3.00. The third-order valence-corrected chi connectivity index (χ3v) is 5.03. The molecule has 0 saturated carbocycles. The van der Waals surface area contributed by atoms with Gasteiger partial charge in [-0.3, -0.25) is 0 Å². The van der Waals surface area contributed by atoms with E-state index in [0.29, 0.717) is 0 Å². The SMILES string of the molecule is C=C(F)C(F)(F)C(F)(F)C(F)(F)C(F)(F)C(F)(F)C(F)(F)C(F)(F)C(F)(F)C(F)(F)C(F)(F)C(F)(F)C(F)(F)C(F)(F)F. The lowest BCUT2D eigenvalue weighted by Gasteiger charge is -2.46. The molecule has 0 heterocycles. The van der Waals surface area contributed by atoms with Crippen molar-refractivity contribution in [3.05, 3.63) is 12.4 Å². The summed E-state index contributed by atoms with van der Waals surface area (Å²) in [6.45, 7) is 1.10. The number of rotatable bonds is 12. The van der Waals surface area contributed by atoms with Crippen LogP contribution in [0, 0.1) is 0 Å². The van der Waals surface area contributed by atoms with Crippen molar-refractivity contribution in [1.82, 2.24) is 0 Å². The van der Waals surface area contributed by atoms with Crippen LogP contribution in [0.3, 0.4) is 0 Å². The number of alkyl halides is 27. The van der Waals surface area contributed by atoms with Crippen molar-refractivity contribution < 1.29 is 123 Å². The number of halogens is 28. The summed E-state index contributed by atoms with van der Waals surface area (Å²) < 4.78 is 367. The number of allylic oxidation sites excluding steroid dienone is 1. The molecule has 0 fully saturated rings. The summed E-state index contributed by atoms with van der Waals surface area (Å²) in [4.78, 5) is 0. The summed E-state index contributed by atoms with van der Waals surface area (Å²) in [7, 11) is 0. The summed E-state index contributed by atoms with van der Waals surface area (Å²) >= 11 is 0. The maximum absolute atomic E-state index is 13.6. The summed E-state index contributed by atoms with van der Waals surface area (Å²) in [5, 5.41) is 0. The highest BCUT2D eigenvalue weighted by molar-refractivity contribution is 5.22. The Bertz CT molecular complexity index is 1050. The largest absolute Gasteiger partial charge is 0.460 e. The smallest absolute Gasteiger partial charge is 0.206 e. The third-order valence-electron chi connectivity index (χ3n) is 5.03. The minimum absolute atomic E-state index is 1.10. The minimum Gasteiger partial charge on any atom is -0.206 e. The molecule has 43 heavy (non-hydrogen) atoms. The van der Waals surface area contributed by atoms with Gasteiger partial charge in [0.05, 0.1) is 0 Å². The van der Waals surface area contributed by atoms with Crippen molar-refractivity contribution in [2.75, 3.05) is 0 Å². The van der Waals surface area contributed by atoms with Gasteiger partial charge in [-0.1, -0.05) is 6.58 Å². The van der Waals surface area contributed by atoms with Gasteiger partial charge < -0.3 is 0 Å². The van der Waals surface area contributed by atoms with Gasteiger partial charge in [0.25, 0.3) is 0 Å². The van der Waals surface area contributed by atoms with Gasteiger partial charge in [-0.2, -0.15) is 119 Å². The van der Waals surface area contributed by atoms with Gasteiger partial charge in [0, 0.05) is 0 Å². The predicted molar refractivity (Wildman–Crippen MR) is 75.7 cm³/mol. The van der Waals surface area contributed by atoms with Gasteiger partial charge in [0.1, 0.15) is 0 Å². The van der Waals surface area contributed by atoms with E-state index >= 15 is 0 Å². The van der Waals surface area contributed by atoms with Crippen molar-refractivity contribution >= 4 is 0 Å². The highest BCUT2D eigenvalue weighted by atomic mass is 19.4. The predicted octanol–water partition coefficient (Wildman–Crippen LogP) is 9.66. The molecule has 0 N–H and O–H groups in total. The first-order valence-electron chi connectivity index (χ1n) is 8.90. The summed E-state index contributed by atoms with van der Waals surface area (Å²) in [6, 6.07) is 0. The molecule has 0 atom stereocenters. The quantitative estimate of drug-likeness (QED) is 0.177. The Morgan fingerprint density at radius 1 is 0.256 bits per heavy atom. The van der Waals surface area contributed by atoms with Crippen LogP contribution in [0.5, 0.6) is 0 Å². The van der Waals surface area contributed by atoms with Crippen LogP contribution in [0.1, 0.15) is 0 Å². The summed E-state index contributed by atoms with van der Waals surface area (Å²) in [5.41, 5.74) is 0. The van der Waals surface area contributed by atoms with E-state index in [0.717, 1.165) is 6.58 Å². The van der Waals surface area contributed by atoms with Crippen molar-refractivity contribution in [3.63, 3.8) is 0 Å². The van der Waals surface area contributed by atoms with E-state index in [4.69, 9.17) is 0 Å². The Kier molecular flexibility index (Phi) is 9.14. The normalized spacial score (nSPS) is 16.9. The highest BCUT2D eigenvalue weighted by Crippen LogP contribution is 2.68. The van der Waals surface area contributed by atoms with Gasteiger partial charge >= 0.3 is 77.2 Å². The lowest BCUT2D eigenvalue weighted by molar-refractivity contribution is -0.484. The maximum Gasteiger partial charge on any atom is 0.460 e. The first-order chi connectivity index (χ1) is 17.9. The van der Waals surface area contributed by atoms with Crippen LogP contribution < -0.4 is 0 Å². The molecule has 0 aliphatic carbocycles. The molecule has 0 aromatic rings. The van der Waals surface area contributed by atoms with Gasteiger partial charge in [0.2, 0.25) is 0 Å². The molecular weight excluding hydrogens is 712 g/mol. The molecular formula is C15H2F28. The van der Waals surface area contributed by atoms with Crippen molar-refractivity contribution in [1.29, 1.82) is 0 Å². The molecule has 0 saturated heterocycles. The summed E-state index contributed by atoms with van der Waals surface area (Å²) in [5.74, 6) is -115. The lowest BCUT2D eigenvalue weighted by Crippen LogP contribution is -2.78. The molecule has 0 bridgehead atoms. The zero-order valence-electron chi connectivity index (χ0n) is 18.3. The second kappa shape index (κ2) is 9.64. The molecule has 0 radical (unpaired) electrons. The van der Waals surface area contributed by atoms with Crippen molar-refractivity contribution in [2.45, 2.75) is 77.2 Å². The van der Waals surface area contributed by atoms with E-state index in [9.17, 15) is 123 Å². The summed E-state index contributed by atoms with van der Waals surface area (Å²) in [6.07, 6.45) is -8.25. The number of hydrogen-bond acceptors (Lipinski definition) is 0. The Labute approximate surface area is 214 Å². The average molecular weight is 714 g/mol. The van der Waals surface area contributed by atoms with Crippen molar-refractivity contribution in [2.24, 2.45) is 0 Å². The Morgan fingerprint density at radius 3 is 0.535 bits per heavy atom. The van der Waals surface area contributed by atoms with Crippen LogP contribution in [-0.2, 0) is 0 Å². The van der Waals surface area contributed by atoms with Crippen LogP contribution in [-0.4, -0.2) is 77.2 Å². The molecule has 0 aromatic heterocycles.